The molecule has 2 heterocycles. The summed E-state index contributed by atoms with van der Waals surface area (Å²) in [5.41, 5.74) is 2.15. The highest BCUT2D eigenvalue weighted by Crippen LogP contribution is 2.42. The number of ether oxygens (including phenoxy) is 1. The molecule has 3 atom stereocenters. The third-order valence-corrected chi connectivity index (χ3v) is 7.24. The Balaban J connectivity index is 1.44. The van der Waals surface area contributed by atoms with Crippen LogP contribution in [0.2, 0.25) is 0 Å². The third-order valence-electron chi connectivity index (χ3n) is 6.42. The molecule has 6 nitrogen and oxygen atoms in total. The number of nitrogens with zero attached hydrogens (tertiary/aromatic N) is 3. The van der Waals surface area contributed by atoms with Gasteiger partial charge in [-0.15, -0.1) is 11.3 Å². The number of rotatable bonds is 4. The molecule has 34 heavy (non-hydrogen) atoms. The predicted molar refractivity (Wildman–Crippen MR) is 126 cm³/mol. The van der Waals surface area contributed by atoms with E-state index in [2.05, 4.69) is 22.5 Å². The Morgan fingerprint density at radius 1 is 1.15 bits per heavy atom. The number of allylic oxidation sites excluding steroid dienone is 2. The lowest BCUT2D eigenvalue weighted by molar-refractivity contribution is -0.118. The summed E-state index contributed by atoms with van der Waals surface area (Å²) in [5.74, 6) is 0.419. The summed E-state index contributed by atoms with van der Waals surface area (Å²) >= 11 is 1.30. The molecule has 6 rings (SSSR count). The number of halogens is 2. The lowest BCUT2D eigenvalue weighted by Gasteiger charge is -2.18. The number of carbonyl (C=O) groups is 1. The molecule has 0 spiro atoms. The number of benzene rings is 2. The maximum atomic E-state index is 14.3. The molecule has 1 aliphatic heterocycles. The minimum absolute atomic E-state index is 0.0145. The first-order valence-electron chi connectivity index (χ1n) is 11.0. The number of hydrogen-bond acceptors (Lipinski definition) is 5. The molecule has 172 valence electrons. The smallest absolute Gasteiger partial charge is 0.262 e. The molecule has 2 aliphatic carbocycles. The Morgan fingerprint density at radius 3 is 2.85 bits per heavy atom. The molecule has 1 aromatic heterocycles. The second kappa shape index (κ2) is 8.32. The predicted octanol–water partition coefficient (Wildman–Crippen LogP) is 5.10. The van der Waals surface area contributed by atoms with Gasteiger partial charge >= 0.3 is 0 Å². The Hall–Kier alpha value is -3.59. The van der Waals surface area contributed by atoms with Crippen LogP contribution in [0.3, 0.4) is 0 Å². The van der Waals surface area contributed by atoms with Crippen LogP contribution in [-0.2, 0) is 4.79 Å². The number of nitrogens with one attached hydrogen (secondary N) is 1. The average Bonchev–Trinajstić information content (AvgIpc) is 3.55. The van der Waals surface area contributed by atoms with Crippen LogP contribution in [0.1, 0.15) is 12.8 Å². The van der Waals surface area contributed by atoms with Crippen molar-refractivity contribution in [3.8, 4) is 17.0 Å². The Bertz CT molecular complexity index is 1420. The van der Waals surface area contributed by atoms with Gasteiger partial charge in [-0.05, 0) is 55.0 Å². The third kappa shape index (κ3) is 3.86. The highest BCUT2D eigenvalue weighted by molar-refractivity contribution is 7.07. The fourth-order valence-electron chi connectivity index (χ4n) is 4.75. The van der Waals surface area contributed by atoms with Crippen molar-refractivity contribution in [1.29, 1.82) is 0 Å². The molecule has 2 aromatic carbocycles. The molecule has 0 saturated heterocycles. The minimum Gasteiger partial charge on any atom is -0.482 e. The Labute approximate surface area is 197 Å². The van der Waals surface area contributed by atoms with E-state index >= 15 is 0 Å². The summed E-state index contributed by atoms with van der Waals surface area (Å²) in [6.07, 6.45) is 8.70. The van der Waals surface area contributed by atoms with Gasteiger partial charge in [0.25, 0.3) is 5.91 Å². The topological polar surface area (TPSA) is 68.0 Å². The normalized spacial score (nSPS) is 23.4. The first-order valence-corrected chi connectivity index (χ1v) is 11.9. The van der Waals surface area contributed by atoms with E-state index in [1.54, 1.807) is 10.7 Å². The number of thiazole rings is 1. The summed E-state index contributed by atoms with van der Waals surface area (Å²) in [5, 5.41) is 9.47. The van der Waals surface area contributed by atoms with Gasteiger partial charge < -0.3 is 10.1 Å². The van der Waals surface area contributed by atoms with Crippen molar-refractivity contribution < 1.29 is 18.3 Å². The standard InChI is InChI=1S/C25H20F2N4O2S/c26-18-4-5-20(19(27)10-18)30-25-31(28-11-17-8-14-1-2-15(17)7-14)22(13-34-25)16-3-6-23-21(9-16)29-24(32)12-33-23/h1-6,9-11,13-15,17H,7-8,12H2,(H,29,32). The molecule has 3 aromatic rings. The van der Waals surface area contributed by atoms with Crippen molar-refractivity contribution in [3.63, 3.8) is 0 Å². The van der Waals surface area contributed by atoms with Gasteiger partial charge in [0, 0.05) is 29.1 Å². The van der Waals surface area contributed by atoms with E-state index in [1.165, 1.54) is 23.5 Å². The first-order chi connectivity index (χ1) is 16.5. The second-order valence-electron chi connectivity index (χ2n) is 8.68. The summed E-state index contributed by atoms with van der Waals surface area (Å²) in [6.45, 7) is -0.0145. The van der Waals surface area contributed by atoms with Gasteiger partial charge in [0.05, 0.1) is 11.4 Å². The van der Waals surface area contributed by atoms with Crippen LogP contribution in [0.25, 0.3) is 11.3 Å². The molecule has 1 saturated carbocycles. The molecule has 1 fully saturated rings. The van der Waals surface area contributed by atoms with Crippen LogP contribution in [0.4, 0.5) is 20.2 Å². The zero-order valence-electron chi connectivity index (χ0n) is 17.9. The van der Waals surface area contributed by atoms with Crippen molar-refractivity contribution in [2.24, 2.45) is 27.8 Å². The monoisotopic (exact) mass is 478 g/mol. The van der Waals surface area contributed by atoms with Gasteiger partial charge in [-0.25, -0.2) is 18.4 Å². The highest BCUT2D eigenvalue weighted by Gasteiger charge is 2.34. The molecule has 3 unspecified atom stereocenters. The van der Waals surface area contributed by atoms with Crippen molar-refractivity contribution in [2.45, 2.75) is 12.8 Å². The van der Waals surface area contributed by atoms with Gasteiger partial charge in [-0.1, -0.05) is 12.2 Å². The van der Waals surface area contributed by atoms with E-state index in [9.17, 15) is 13.6 Å². The van der Waals surface area contributed by atoms with E-state index in [1.807, 2.05) is 23.7 Å². The lowest BCUT2D eigenvalue weighted by Crippen LogP contribution is -2.25. The molecule has 1 amide bonds. The van der Waals surface area contributed by atoms with Crippen LogP contribution in [0, 0.1) is 29.4 Å². The van der Waals surface area contributed by atoms with E-state index in [0.29, 0.717) is 34.0 Å². The maximum Gasteiger partial charge on any atom is 0.262 e. The fourth-order valence-corrected chi connectivity index (χ4v) is 5.60. The van der Waals surface area contributed by atoms with Gasteiger partial charge in [-0.2, -0.15) is 5.10 Å². The van der Waals surface area contributed by atoms with Crippen LogP contribution >= 0.6 is 11.3 Å². The SMILES string of the molecule is O=C1COc2ccc(-c3csc(=Nc4ccc(F)cc4F)n3N=CC3CC4C=CC3C4)cc2N1. The summed E-state index contributed by atoms with van der Waals surface area (Å²) < 4.78 is 34.8. The van der Waals surface area contributed by atoms with E-state index < -0.39 is 11.6 Å². The number of anilines is 1. The second-order valence-corrected chi connectivity index (χ2v) is 9.52. The van der Waals surface area contributed by atoms with Gasteiger partial charge in [-0.3, -0.25) is 4.79 Å². The van der Waals surface area contributed by atoms with Crippen molar-refractivity contribution in [2.75, 3.05) is 11.9 Å². The highest BCUT2D eigenvalue weighted by atomic mass is 32.1. The Kier molecular flexibility index (Phi) is 5.13. The average molecular weight is 479 g/mol. The van der Waals surface area contributed by atoms with E-state index in [-0.39, 0.29) is 18.2 Å². The Morgan fingerprint density at radius 2 is 2.06 bits per heavy atom. The number of amides is 1. The van der Waals surface area contributed by atoms with Crippen LogP contribution in [0.15, 0.2) is 64.0 Å². The summed E-state index contributed by atoms with van der Waals surface area (Å²) in [6, 6.07) is 8.81. The molecular weight excluding hydrogens is 458 g/mol. The fraction of sp³-hybridized carbons (Fsp3) is 0.240. The van der Waals surface area contributed by atoms with Gasteiger partial charge in [0.2, 0.25) is 4.80 Å². The minimum atomic E-state index is -0.739. The quantitative estimate of drug-likeness (QED) is 0.419. The molecular formula is C25H20F2N4O2S. The summed E-state index contributed by atoms with van der Waals surface area (Å²) in [7, 11) is 0. The zero-order chi connectivity index (χ0) is 23.2. The van der Waals surface area contributed by atoms with Gasteiger partial charge in [0.1, 0.15) is 17.3 Å². The van der Waals surface area contributed by atoms with Crippen molar-refractivity contribution >= 4 is 34.8 Å². The lowest BCUT2D eigenvalue weighted by atomic mass is 9.95. The molecule has 2 bridgehead atoms. The van der Waals surface area contributed by atoms with Crippen LogP contribution in [-0.4, -0.2) is 23.4 Å². The number of carbonyl (C=O) groups excluding carboxylic acids is 1. The summed E-state index contributed by atoms with van der Waals surface area (Å²) in [4.78, 5) is 16.7. The molecule has 1 N–H and O–H groups in total. The van der Waals surface area contributed by atoms with Gasteiger partial charge in [0.15, 0.2) is 12.4 Å². The van der Waals surface area contributed by atoms with E-state index in [4.69, 9.17) is 9.84 Å². The number of fused-ring (bicyclic) bond motifs is 3. The molecule has 9 heteroatoms. The largest absolute Gasteiger partial charge is 0.482 e. The molecule has 3 aliphatic rings. The zero-order valence-corrected chi connectivity index (χ0v) is 18.8. The molecule has 0 radical (unpaired) electrons. The maximum absolute atomic E-state index is 14.3. The first kappa shape index (κ1) is 21.0. The van der Waals surface area contributed by atoms with Crippen molar-refractivity contribution in [3.05, 3.63) is 70.4 Å². The van der Waals surface area contributed by atoms with Crippen LogP contribution < -0.4 is 14.9 Å². The number of aromatic nitrogens is 1. The van der Waals surface area contributed by atoms with Crippen molar-refractivity contribution in [1.82, 2.24) is 4.68 Å². The number of hydrogen-bond donors (Lipinski definition) is 1. The van der Waals surface area contributed by atoms with Crippen LogP contribution in [0.5, 0.6) is 5.75 Å². The van der Waals surface area contributed by atoms with E-state index in [0.717, 1.165) is 30.2 Å².